The van der Waals surface area contributed by atoms with Gasteiger partial charge in [0.15, 0.2) is 5.60 Å². The molecule has 1 amide bonds. The summed E-state index contributed by atoms with van der Waals surface area (Å²) in [5.41, 5.74) is -0.819. The first-order valence-electron chi connectivity index (χ1n) is 5.84. The maximum absolute atomic E-state index is 11.7. The number of amides is 1. The van der Waals surface area contributed by atoms with Gasteiger partial charge >= 0.3 is 5.97 Å². The summed E-state index contributed by atoms with van der Waals surface area (Å²) in [5.74, 6) is -0.669. The van der Waals surface area contributed by atoms with Gasteiger partial charge in [-0.05, 0) is 19.1 Å². The molecule has 1 aliphatic heterocycles. The number of carbonyl (C=O) groups is 2. The van der Waals surface area contributed by atoms with Crippen LogP contribution >= 0.6 is 0 Å². The van der Waals surface area contributed by atoms with E-state index in [1.54, 1.807) is 6.92 Å². The van der Waals surface area contributed by atoms with Crippen molar-refractivity contribution in [2.75, 3.05) is 13.7 Å². The molecule has 6 nitrogen and oxygen atoms in total. The Labute approximate surface area is 110 Å². The predicted octanol–water partition coefficient (Wildman–Crippen LogP) is 0.836. The predicted molar refractivity (Wildman–Crippen MR) is 66.1 cm³/mol. The number of nitrogens with one attached hydrogen (secondary N) is 1. The molecule has 1 aromatic rings. The third-order valence-corrected chi connectivity index (χ3v) is 3.02. The van der Waals surface area contributed by atoms with Gasteiger partial charge in [0.1, 0.15) is 11.5 Å². The molecule has 0 radical (unpaired) electrons. The second-order valence-electron chi connectivity index (χ2n) is 4.55. The summed E-state index contributed by atoms with van der Waals surface area (Å²) in [4.78, 5) is 23.1. The minimum Gasteiger partial charge on any atom is -0.508 e. The number of benzene rings is 1. The molecule has 2 rings (SSSR count). The maximum Gasteiger partial charge on any atom is 0.338 e. The molecule has 0 aliphatic carbocycles. The van der Waals surface area contributed by atoms with Crippen molar-refractivity contribution in [3.05, 3.63) is 23.8 Å². The molecule has 1 heterocycles. The second-order valence-corrected chi connectivity index (χ2v) is 4.55. The Morgan fingerprint density at radius 2 is 2.16 bits per heavy atom. The van der Waals surface area contributed by atoms with Crippen LogP contribution in [-0.4, -0.2) is 36.2 Å². The van der Waals surface area contributed by atoms with Gasteiger partial charge in [-0.2, -0.15) is 0 Å². The van der Waals surface area contributed by atoms with E-state index in [1.165, 1.54) is 25.3 Å². The van der Waals surface area contributed by atoms with E-state index < -0.39 is 11.6 Å². The van der Waals surface area contributed by atoms with Gasteiger partial charge in [0.25, 0.3) is 5.91 Å². The first-order valence-corrected chi connectivity index (χ1v) is 5.84. The number of methoxy groups -OCH3 is 1. The zero-order chi connectivity index (χ0) is 14.0. The Kier molecular flexibility index (Phi) is 3.33. The molecule has 0 spiro atoms. The topological polar surface area (TPSA) is 84.9 Å². The van der Waals surface area contributed by atoms with Gasteiger partial charge in [-0.1, -0.05) is 0 Å². The SMILES string of the molecule is COC(=O)c1cc(O)cc(O[C@@]2(C)CCNC2=O)c1. The van der Waals surface area contributed by atoms with Crippen LogP contribution in [0.5, 0.6) is 11.5 Å². The third kappa shape index (κ3) is 2.62. The Hall–Kier alpha value is -2.24. The lowest BCUT2D eigenvalue weighted by molar-refractivity contribution is -0.131. The van der Waals surface area contributed by atoms with Crippen molar-refractivity contribution in [2.24, 2.45) is 0 Å². The van der Waals surface area contributed by atoms with Crippen LogP contribution in [0.3, 0.4) is 0 Å². The lowest BCUT2D eigenvalue weighted by Gasteiger charge is -2.23. The van der Waals surface area contributed by atoms with Crippen LogP contribution in [0.25, 0.3) is 0 Å². The molecule has 6 heteroatoms. The Morgan fingerprint density at radius 3 is 2.74 bits per heavy atom. The molecule has 1 aromatic carbocycles. The fourth-order valence-electron chi connectivity index (χ4n) is 1.95. The van der Waals surface area contributed by atoms with E-state index in [-0.39, 0.29) is 23.0 Å². The molecule has 102 valence electrons. The Bertz CT molecular complexity index is 528. The number of rotatable bonds is 3. The van der Waals surface area contributed by atoms with E-state index in [1.807, 2.05) is 0 Å². The number of esters is 1. The summed E-state index contributed by atoms with van der Waals surface area (Å²) in [6.45, 7) is 2.20. The summed E-state index contributed by atoms with van der Waals surface area (Å²) < 4.78 is 10.2. The average Bonchev–Trinajstić information content (AvgIpc) is 2.67. The number of phenols is 1. The van der Waals surface area contributed by atoms with Crippen molar-refractivity contribution >= 4 is 11.9 Å². The van der Waals surface area contributed by atoms with Crippen LogP contribution in [0.15, 0.2) is 18.2 Å². The maximum atomic E-state index is 11.7. The smallest absolute Gasteiger partial charge is 0.338 e. The van der Waals surface area contributed by atoms with Gasteiger partial charge < -0.3 is 19.9 Å². The second kappa shape index (κ2) is 4.79. The van der Waals surface area contributed by atoms with E-state index in [2.05, 4.69) is 10.1 Å². The average molecular weight is 265 g/mol. The molecular formula is C13H15NO5. The monoisotopic (exact) mass is 265 g/mol. The lowest BCUT2D eigenvalue weighted by Crippen LogP contribution is -2.40. The highest BCUT2D eigenvalue weighted by atomic mass is 16.5. The van der Waals surface area contributed by atoms with Gasteiger partial charge in [0.2, 0.25) is 0 Å². The largest absolute Gasteiger partial charge is 0.508 e. The highest BCUT2D eigenvalue weighted by Crippen LogP contribution is 2.28. The van der Waals surface area contributed by atoms with Crippen molar-refractivity contribution < 1.29 is 24.2 Å². The van der Waals surface area contributed by atoms with Crippen molar-refractivity contribution in [3.8, 4) is 11.5 Å². The van der Waals surface area contributed by atoms with Crippen LogP contribution < -0.4 is 10.1 Å². The molecule has 0 aromatic heterocycles. The standard InChI is InChI=1S/C13H15NO5/c1-13(3-4-14-12(13)17)19-10-6-8(11(16)18-2)5-9(15)7-10/h5-7,15H,3-4H2,1-2H3,(H,14,17)/t13-/m0/s1. The molecule has 0 saturated carbocycles. The van der Waals surface area contributed by atoms with Crippen LogP contribution in [0, 0.1) is 0 Å². The first-order chi connectivity index (χ1) is 8.94. The van der Waals surface area contributed by atoms with Gasteiger partial charge in [0.05, 0.1) is 12.7 Å². The fraction of sp³-hybridized carbons (Fsp3) is 0.385. The summed E-state index contributed by atoms with van der Waals surface area (Å²) in [7, 11) is 1.25. The zero-order valence-corrected chi connectivity index (χ0v) is 10.7. The van der Waals surface area contributed by atoms with E-state index in [4.69, 9.17) is 4.74 Å². The van der Waals surface area contributed by atoms with Crippen molar-refractivity contribution in [1.82, 2.24) is 5.32 Å². The van der Waals surface area contributed by atoms with Gasteiger partial charge in [-0.25, -0.2) is 4.79 Å². The van der Waals surface area contributed by atoms with E-state index in [0.717, 1.165) is 0 Å². The van der Waals surface area contributed by atoms with Crippen molar-refractivity contribution in [3.63, 3.8) is 0 Å². The van der Waals surface area contributed by atoms with Crippen LogP contribution in [0.1, 0.15) is 23.7 Å². The van der Waals surface area contributed by atoms with Crippen molar-refractivity contribution in [2.45, 2.75) is 18.9 Å². The lowest BCUT2D eigenvalue weighted by atomic mass is 10.1. The normalized spacial score (nSPS) is 21.9. The minimum absolute atomic E-state index is 0.125. The molecule has 19 heavy (non-hydrogen) atoms. The fourth-order valence-corrected chi connectivity index (χ4v) is 1.95. The van der Waals surface area contributed by atoms with E-state index >= 15 is 0 Å². The molecule has 0 bridgehead atoms. The molecule has 2 N–H and O–H groups in total. The van der Waals surface area contributed by atoms with Crippen LogP contribution in [0.4, 0.5) is 0 Å². The first kappa shape index (κ1) is 13.2. The summed E-state index contributed by atoms with van der Waals surface area (Å²) in [6.07, 6.45) is 0.523. The Balaban J connectivity index is 2.28. The highest BCUT2D eigenvalue weighted by Gasteiger charge is 2.40. The van der Waals surface area contributed by atoms with Gasteiger partial charge in [-0.3, -0.25) is 4.79 Å². The number of hydrogen-bond acceptors (Lipinski definition) is 5. The third-order valence-electron chi connectivity index (χ3n) is 3.02. The van der Waals surface area contributed by atoms with E-state index in [0.29, 0.717) is 13.0 Å². The quantitative estimate of drug-likeness (QED) is 0.791. The van der Waals surface area contributed by atoms with E-state index in [9.17, 15) is 14.7 Å². The summed E-state index contributed by atoms with van der Waals surface area (Å²) in [5, 5.41) is 12.2. The zero-order valence-electron chi connectivity index (χ0n) is 10.7. The van der Waals surface area contributed by atoms with Gasteiger partial charge in [-0.15, -0.1) is 0 Å². The minimum atomic E-state index is -0.985. The summed E-state index contributed by atoms with van der Waals surface area (Å²) in [6, 6.07) is 4.06. The number of aromatic hydroxyl groups is 1. The van der Waals surface area contributed by atoms with Gasteiger partial charge in [0, 0.05) is 19.0 Å². The number of phenolic OH excluding ortho intramolecular Hbond substituents is 1. The number of ether oxygens (including phenoxy) is 2. The van der Waals surface area contributed by atoms with Crippen LogP contribution in [-0.2, 0) is 9.53 Å². The molecular weight excluding hydrogens is 250 g/mol. The Morgan fingerprint density at radius 1 is 1.42 bits per heavy atom. The molecule has 1 fully saturated rings. The highest BCUT2D eigenvalue weighted by molar-refractivity contribution is 5.90. The van der Waals surface area contributed by atoms with Crippen LogP contribution in [0.2, 0.25) is 0 Å². The molecule has 1 saturated heterocycles. The van der Waals surface area contributed by atoms with Crippen molar-refractivity contribution in [1.29, 1.82) is 0 Å². The number of hydrogen-bond donors (Lipinski definition) is 2. The molecule has 0 unspecified atom stereocenters. The molecule has 1 aliphatic rings. The molecule has 1 atom stereocenters. The number of carbonyl (C=O) groups excluding carboxylic acids is 2. The summed E-state index contributed by atoms with van der Waals surface area (Å²) >= 11 is 0.